The van der Waals surface area contributed by atoms with Crippen LogP contribution in [-0.2, 0) is 0 Å². The number of fused-ring (bicyclic) bond motifs is 10. The lowest BCUT2D eigenvalue weighted by Gasteiger charge is -2.05. The van der Waals surface area contributed by atoms with Crippen LogP contribution in [0, 0.1) is 41.5 Å². The molecule has 0 bridgehead atoms. The Balaban J connectivity index is 1.67. The Morgan fingerprint density at radius 1 is 0.406 bits per heavy atom. The fourth-order valence-electron chi connectivity index (χ4n) is 5.14. The average molecular weight is 487 g/mol. The van der Waals surface area contributed by atoms with Gasteiger partial charge < -0.3 is 0 Å². The summed E-state index contributed by atoms with van der Waals surface area (Å²) < 4.78 is 11.8. The SMILES string of the molecule is Cc1cc2sc3c(sc4c(C)c5c(sc6c7cc(C)c(C)cc7sc65)c(C)c43)c2cc1C. The van der Waals surface area contributed by atoms with E-state index in [-0.39, 0.29) is 0 Å². The third-order valence-electron chi connectivity index (χ3n) is 7.27. The standard InChI is InChI=1S/C28H22S4/c1-11-7-17-19(9-13(11)3)29-27-21-15(5)24-22(16(6)23(21)31-25(17)27)28-26(32-24)18-8-12(2)14(4)10-20(18)30-28/h7-10H,1-6H3. The quantitative estimate of drug-likeness (QED) is 0.200. The average Bonchev–Trinajstić information content (AvgIpc) is 3.46. The van der Waals surface area contributed by atoms with Crippen molar-refractivity contribution in [1.82, 2.24) is 0 Å². The highest BCUT2D eigenvalue weighted by Crippen LogP contribution is 2.53. The zero-order valence-electron chi connectivity index (χ0n) is 18.9. The van der Waals surface area contributed by atoms with Crippen molar-refractivity contribution in [2.24, 2.45) is 0 Å². The molecule has 158 valence electrons. The molecule has 0 nitrogen and oxygen atoms in total. The fourth-order valence-corrected chi connectivity index (χ4v) is 11.1. The summed E-state index contributed by atoms with van der Waals surface area (Å²) in [6, 6.07) is 9.57. The Labute approximate surface area is 202 Å². The fraction of sp³-hybridized carbons (Fsp3) is 0.214. The first-order chi connectivity index (χ1) is 15.3. The van der Waals surface area contributed by atoms with E-state index >= 15 is 0 Å². The van der Waals surface area contributed by atoms with E-state index in [0.29, 0.717) is 0 Å². The summed E-state index contributed by atoms with van der Waals surface area (Å²) in [6.45, 7) is 13.6. The predicted molar refractivity (Wildman–Crippen MR) is 151 cm³/mol. The molecule has 7 aromatic rings. The first kappa shape index (κ1) is 19.5. The number of thiophene rings is 4. The Hall–Kier alpha value is -1.98. The summed E-state index contributed by atoms with van der Waals surface area (Å²) in [5, 5.41) is 5.87. The molecule has 3 aromatic carbocycles. The lowest BCUT2D eigenvalue weighted by atomic mass is 10.0. The van der Waals surface area contributed by atoms with Crippen LogP contribution >= 0.6 is 45.3 Å². The zero-order valence-corrected chi connectivity index (χ0v) is 22.2. The predicted octanol–water partition coefficient (Wildman–Crippen LogP) is 10.7. The highest BCUT2D eigenvalue weighted by molar-refractivity contribution is 7.38. The minimum absolute atomic E-state index is 1.39. The van der Waals surface area contributed by atoms with Gasteiger partial charge in [0.05, 0.1) is 18.8 Å². The smallest absolute Gasteiger partial charge is 0.0545 e. The molecule has 4 heteroatoms. The van der Waals surface area contributed by atoms with Gasteiger partial charge in [0.15, 0.2) is 0 Å². The summed E-state index contributed by atoms with van der Waals surface area (Å²) in [6.07, 6.45) is 0. The Bertz CT molecular complexity index is 1790. The maximum absolute atomic E-state index is 2.40. The molecule has 0 amide bonds. The van der Waals surface area contributed by atoms with Crippen LogP contribution < -0.4 is 0 Å². The minimum Gasteiger partial charge on any atom is -0.134 e. The number of rotatable bonds is 0. The monoisotopic (exact) mass is 486 g/mol. The van der Waals surface area contributed by atoms with Gasteiger partial charge in [0, 0.05) is 40.3 Å². The lowest BCUT2D eigenvalue weighted by molar-refractivity contribution is 1.37. The number of aryl methyl sites for hydroxylation is 6. The van der Waals surface area contributed by atoms with Gasteiger partial charge in [0.2, 0.25) is 0 Å². The molecule has 0 aliphatic heterocycles. The topological polar surface area (TPSA) is 0 Å². The molecule has 0 saturated heterocycles. The van der Waals surface area contributed by atoms with Crippen molar-refractivity contribution >= 4 is 104 Å². The van der Waals surface area contributed by atoms with Crippen LogP contribution in [0.4, 0.5) is 0 Å². The van der Waals surface area contributed by atoms with Crippen molar-refractivity contribution < 1.29 is 0 Å². The zero-order chi connectivity index (χ0) is 22.0. The van der Waals surface area contributed by atoms with Gasteiger partial charge in [-0.25, -0.2) is 0 Å². The summed E-state index contributed by atoms with van der Waals surface area (Å²) in [5.74, 6) is 0. The summed E-state index contributed by atoms with van der Waals surface area (Å²) >= 11 is 7.99. The van der Waals surface area contributed by atoms with Crippen LogP contribution in [0.3, 0.4) is 0 Å². The third-order valence-corrected chi connectivity index (χ3v) is 12.5. The third kappa shape index (κ3) is 2.31. The minimum atomic E-state index is 1.39. The van der Waals surface area contributed by atoms with Crippen molar-refractivity contribution in [3.05, 3.63) is 57.6 Å². The number of hydrogen-bond donors (Lipinski definition) is 0. The van der Waals surface area contributed by atoms with Gasteiger partial charge >= 0.3 is 0 Å². The van der Waals surface area contributed by atoms with Crippen molar-refractivity contribution in [2.75, 3.05) is 0 Å². The second-order valence-electron chi connectivity index (χ2n) is 9.25. The van der Waals surface area contributed by atoms with Crippen molar-refractivity contribution in [2.45, 2.75) is 41.5 Å². The summed E-state index contributed by atoms with van der Waals surface area (Å²) in [4.78, 5) is 0. The number of benzene rings is 3. The van der Waals surface area contributed by atoms with Crippen LogP contribution in [0.15, 0.2) is 24.3 Å². The molecule has 4 heterocycles. The molecule has 0 aliphatic rings. The van der Waals surface area contributed by atoms with E-state index in [2.05, 4.69) is 65.8 Å². The number of hydrogen-bond acceptors (Lipinski definition) is 4. The molecule has 0 aliphatic carbocycles. The second-order valence-corrected chi connectivity index (χ2v) is 13.4. The van der Waals surface area contributed by atoms with Gasteiger partial charge in [0.1, 0.15) is 0 Å². The molecule has 0 unspecified atom stereocenters. The molecule has 0 N–H and O–H groups in total. The van der Waals surface area contributed by atoms with E-state index in [9.17, 15) is 0 Å². The van der Waals surface area contributed by atoms with Gasteiger partial charge in [-0.05, 0) is 99.2 Å². The van der Waals surface area contributed by atoms with Gasteiger partial charge in [-0.15, -0.1) is 45.3 Å². The first-order valence-corrected chi connectivity index (χ1v) is 14.2. The van der Waals surface area contributed by atoms with E-state index in [1.807, 2.05) is 45.3 Å². The Morgan fingerprint density at radius 2 is 0.781 bits per heavy atom. The second kappa shape index (κ2) is 6.32. The molecule has 0 fully saturated rings. The van der Waals surface area contributed by atoms with Gasteiger partial charge in [-0.3, -0.25) is 0 Å². The van der Waals surface area contributed by atoms with E-state index < -0.39 is 0 Å². The molecule has 4 aromatic heterocycles. The van der Waals surface area contributed by atoms with Gasteiger partial charge in [-0.2, -0.15) is 0 Å². The molecular formula is C28H22S4. The maximum atomic E-state index is 2.40. The van der Waals surface area contributed by atoms with E-state index in [0.717, 1.165) is 0 Å². The normalized spacial score (nSPS) is 12.7. The van der Waals surface area contributed by atoms with Crippen molar-refractivity contribution in [3.8, 4) is 0 Å². The molecular weight excluding hydrogens is 465 g/mol. The van der Waals surface area contributed by atoms with Crippen LogP contribution in [-0.4, -0.2) is 0 Å². The van der Waals surface area contributed by atoms with Crippen LogP contribution in [0.1, 0.15) is 33.4 Å². The highest BCUT2D eigenvalue weighted by atomic mass is 32.1. The molecule has 0 spiro atoms. The summed E-state index contributed by atoms with van der Waals surface area (Å²) in [7, 11) is 0. The van der Waals surface area contributed by atoms with E-state index in [1.54, 1.807) is 0 Å². The maximum Gasteiger partial charge on any atom is 0.0545 e. The van der Waals surface area contributed by atoms with Gasteiger partial charge in [-0.1, -0.05) is 0 Å². The van der Waals surface area contributed by atoms with Crippen LogP contribution in [0.5, 0.6) is 0 Å². The largest absolute Gasteiger partial charge is 0.134 e. The van der Waals surface area contributed by atoms with Crippen molar-refractivity contribution in [1.29, 1.82) is 0 Å². The Kier molecular flexibility index (Phi) is 3.85. The van der Waals surface area contributed by atoms with Crippen molar-refractivity contribution in [3.63, 3.8) is 0 Å². The molecule has 0 saturated carbocycles. The molecule has 0 atom stereocenters. The summed E-state index contributed by atoms with van der Waals surface area (Å²) in [5.41, 5.74) is 8.50. The van der Waals surface area contributed by atoms with Gasteiger partial charge in [0.25, 0.3) is 0 Å². The molecule has 0 radical (unpaired) electrons. The van der Waals surface area contributed by atoms with E-state index in [4.69, 9.17) is 0 Å². The molecule has 32 heavy (non-hydrogen) atoms. The van der Waals surface area contributed by atoms with E-state index in [1.165, 1.54) is 92.5 Å². The van der Waals surface area contributed by atoms with Crippen LogP contribution in [0.25, 0.3) is 59.1 Å². The first-order valence-electron chi connectivity index (χ1n) is 10.9. The lowest BCUT2D eigenvalue weighted by Crippen LogP contribution is -1.80. The Morgan fingerprint density at radius 3 is 1.19 bits per heavy atom. The molecule has 7 rings (SSSR count). The highest BCUT2D eigenvalue weighted by Gasteiger charge is 2.22. The van der Waals surface area contributed by atoms with Crippen LogP contribution in [0.2, 0.25) is 0 Å².